The molecule has 0 saturated carbocycles. The Morgan fingerprint density at radius 3 is 2.95 bits per heavy atom. The molecule has 1 aromatic rings. The van der Waals surface area contributed by atoms with Gasteiger partial charge >= 0.3 is 0 Å². The third-order valence-corrected chi connectivity index (χ3v) is 4.55. The van der Waals surface area contributed by atoms with Crippen molar-refractivity contribution in [2.24, 2.45) is 11.7 Å². The minimum atomic E-state index is -0.185. The SMILES string of the molecule is CNC(C)c1cc(Br)ccc1N1CCCC(C(N)=O)C1. The van der Waals surface area contributed by atoms with Crippen LogP contribution in [0.15, 0.2) is 22.7 Å². The number of benzene rings is 1. The number of nitrogens with one attached hydrogen (secondary N) is 1. The zero-order chi connectivity index (χ0) is 14.7. The largest absolute Gasteiger partial charge is 0.370 e. The molecule has 1 heterocycles. The van der Waals surface area contributed by atoms with Crippen LogP contribution in [0.5, 0.6) is 0 Å². The van der Waals surface area contributed by atoms with Crippen LogP contribution in [0.4, 0.5) is 5.69 Å². The molecular formula is C15H22BrN3O. The van der Waals surface area contributed by atoms with Crippen LogP contribution in [-0.2, 0) is 4.79 Å². The Kier molecular flexibility index (Phi) is 5.05. The molecule has 4 nitrogen and oxygen atoms in total. The van der Waals surface area contributed by atoms with Gasteiger partial charge in [-0.15, -0.1) is 0 Å². The molecule has 2 rings (SSSR count). The Morgan fingerprint density at radius 2 is 2.30 bits per heavy atom. The summed E-state index contributed by atoms with van der Waals surface area (Å²) in [4.78, 5) is 13.7. The molecule has 20 heavy (non-hydrogen) atoms. The third-order valence-electron chi connectivity index (χ3n) is 4.05. The summed E-state index contributed by atoms with van der Waals surface area (Å²) in [5.74, 6) is -0.222. The van der Waals surface area contributed by atoms with Gasteiger partial charge in [-0.25, -0.2) is 0 Å². The minimum absolute atomic E-state index is 0.0369. The number of hydrogen-bond acceptors (Lipinski definition) is 3. The van der Waals surface area contributed by atoms with Crippen molar-refractivity contribution in [3.05, 3.63) is 28.2 Å². The lowest BCUT2D eigenvalue weighted by atomic mass is 9.95. The number of carbonyl (C=O) groups excluding carboxylic acids is 1. The quantitative estimate of drug-likeness (QED) is 0.885. The first-order chi connectivity index (χ1) is 9.52. The summed E-state index contributed by atoms with van der Waals surface area (Å²) >= 11 is 3.53. The van der Waals surface area contributed by atoms with Gasteiger partial charge in [-0.3, -0.25) is 4.79 Å². The van der Waals surface area contributed by atoms with Crippen molar-refractivity contribution in [1.82, 2.24) is 5.32 Å². The maximum Gasteiger partial charge on any atom is 0.222 e. The number of halogens is 1. The van der Waals surface area contributed by atoms with Gasteiger partial charge in [0.05, 0.1) is 5.92 Å². The van der Waals surface area contributed by atoms with Crippen LogP contribution in [0.3, 0.4) is 0 Å². The molecule has 0 aromatic heterocycles. The molecule has 0 aliphatic carbocycles. The van der Waals surface area contributed by atoms with Crippen LogP contribution in [0.1, 0.15) is 31.4 Å². The molecular weight excluding hydrogens is 318 g/mol. The number of hydrogen-bond donors (Lipinski definition) is 2. The Balaban J connectivity index is 2.29. The first-order valence-corrected chi connectivity index (χ1v) is 7.83. The van der Waals surface area contributed by atoms with Crippen LogP contribution >= 0.6 is 15.9 Å². The number of piperidine rings is 1. The number of rotatable bonds is 4. The molecule has 1 saturated heterocycles. The first-order valence-electron chi connectivity index (χ1n) is 7.04. The molecule has 0 radical (unpaired) electrons. The van der Waals surface area contributed by atoms with Crippen molar-refractivity contribution in [3.63, 3.8) is 0 Å². The average molecular weight is 340 g/mol. The highest BCUT2D eigenvalue weighted by Crippen LogP contribution is 2.32. The molecule has 0 spiro atoms. The number of anilines is 1. The van der Waals surface area contributed by atoms with Crippen molar-refractivity contribution in [1.29, 1.82) is 0 Å². The molecule has 3 N–H and O–H groups in total. The molecule has 1 aliphatic heterocycles. The molecule has 5 heteroatoms. The average Bonchev–Trinajstić information content (AvgIpc) is 2.46. The number of nitrogens with zero attached hydrogens (tertiary/aromatic N) is 1. The van der Waals surface area contributed by atoms with Crippen molar-refractivity contribution in [2.45, 2.75) is 25.8 Å². The van der Waals surface area contributed by atoms with E-state index in [-0.39, 0.29) is 17.9 Å². The normalized spacial score (nSPS) is 20.8. The van der Waals surface area contributed by atoms with Gasteiger partial charge in [0, 0.05) is 29.3 Å². The van der Waals surface area contributed by atoms with Gasteiger partial charge in [-0.2, -0.15) is 0 Å². The summed E-state index contributed by atoms with van der Waals surface area (Å²) < 4.78 is 1.07. The maximum atomic E-state index is 11.4. The highest BCUT2D eigenvalue weighted by Gasteiger charge is 2.26. The summed E-state index contributed by atoms with van der Waals surface area (Å²) in [7, 11) is 1.96. The topological polar surface area (TPSA) is 58.4 Å². The molecule has 1 amide bonds. The second-order valence-corrected chi connectivity index (χ2v) is 6.32. The Labute approximate surface area is 128 Å². The zero-order valence-corrected chi connectivity index (χ0v) is 13.6. The van der Waals surface area contributed by atoms with Crippen molar-refractivity contribution < 1.29 is 4.79 Å². The Morgan fingerprint density at radius 1 is 1.55 bits per heavy atom. The van der Waals surface area contributed by atoms with E-state index >= 15 is 0 Å². The summed E-state index contributed by atoms with van der Waals surface area (Å²) in [5, 5.41) is 3.28. The van der Waals surface area contributed by atoms with Crippen LogP contribution in [0.2, 0.25) is 0 Å². The number of primary amides is 1. The molecule has 2 atom stereocenters. The first kappa shape index (κ1) is 15.3. The predicted molar refractivity (Wildman–Crippen MR) is 85.7 cm³/mol. The summed E-state index contributed by atoms with van der Waals surface area (Å²) in [6.07, 6.45) is 1.91. The van der Waals surface area contributed by atoms with E-state index in [4.69, 9.17) is 5.73 Å². The second kappa shape index (κ2) is 6.59. The van der Waals surface area contributed by atoms with Gasteiger partial charge < -0.3 is 16.0 Å². The van der Waals surface area contributed by atoms with Gasteiger partial charge in [0.1, 0.15) is 0 Å². The summed E-state index contributed by atoms with van der Waals surface area (Å²) in [6.45, 7) is 3.84. The fourth-order valence-corrected chi connectivity index (χ4v) is 3.12. The maximum absolute atomic E-state index is 11.4. The lowest BCUT2D eigenvalue weighted by Gasteiger charge is -2.35. The van der Waals surface area contributed by atoms with Crippen molar-refractivity contribution in [3.8, 4) is 0 Å². The highest BCUT2D eigenvalue weighted by molar-refractivity contribution is 9.10. The van der Waals surface area contributed by atoms with Crippen molar-refractivity contribution >= 4 is 27.5 Å². The number of nitrogens with two attached hydrogens (primary N) is 1. The summed E-state index contributed by atoms with van der Waals surface area (Å²) in [6, 6.07) is 6.58. The van der Waals surface area contributed by atoms with Gasteiger partial charge in [0.2, 0.25) is 5.91 Å². The van der Waals surface area contributed by atoms with Gasteiger partial charge in [-0.05, 0) is 50.6 Å². The monoisotopic (exact) mass is 339 g/mol. The second-order valence-electron chi connectivity index (χ2n) is 5.40. The van der Waals surface area contributed by atoms with Crippen LogP contribution < -0.4 is 16.0 Å². The standard InChI is InChI=1S/C15H22BrN3O/c1-10(18-2)13-8-12(16)5-6-14(13)19-7-3-4-11(9-19)15(17)20/h5-6,8,10-11,18H,3-4,7,9H2,1-2H3,(H2,17,20). The highest BCUT2D eigenvalue weighted by atomic mass is 79.9. The summed E-state index contributed by atoms with van der Waals surface area (Å²) in [5.41, 5.74) is 7.91. The predicted octanol–water partition coefficient (Wildman–Crippen LogP) is 2.43. The Bertz CT molecular complexity index is 492. The fourth-order valence-electron chi connectivity index (χ4n) is 2.74. The lowest BCUT2D eigenvalue weighted by Crippen LogP contribution is -2.41. The number of carbonyl (C=O) groups is 1. The molecule has 0 bridgehead atoms. The van der Waals surface area contributed by atoms with Crippen molar-refractivity contribution in [2.75, 3.05) is 25.0 Å². The van der Waals surface area contributed by atoms with E-state index in [1.807, 2.05) is 7.05 Å². The van der Waals surface area contributed by atoms with E-state index in [9.17, 15) is 4.79 Å². The molecule has 1 fully saturated rings. The minimum Gasteiger partial charge on any atom is -0.370 e. The van der Waals surface area contributed by atoms with E-state index in [0.29, 0.717) is 0 Å². The number of amides is 1. The van der Waals surface area contributed by atoms with Gasteiger partial charge in [0.25, 0.3) is 0 Å². The third kappa shape index (κ3) is 3.33. The zero-order valence-electron chi connectivity index (χ0n) is 12.0. The van der Waals surface area contributed by atoms with Gasteiger partial charge in [-0.1, -0.05) is 15.9 Å². The lowest BCUT2D eigenvalue weighted by molar-refractivity contribution is -0.122. The van der Waals surface area contributed by atoms with Crippen LogP contribution in [0, 0.1) is 5.92 Å². The molecule has 2 unspecified atom stereocenters. The van der Waals surface area contributed by atoms with E-state index in [0.717, 1.165) is 30.4 Å². The fraction of sp³-hybridized carbons (Fsp3) is 0.533. The van der Waals surface area contributed by atoms with E-state index in [1.165, 1.54) is 11.3 Å². The van der Waals surface area contributed by atoms with E-state index in [2.05, 4.69) is 51.3 Å². The van der Waals surface area contributed by atoms with E-state index in [1.54, 1.807) is 0 Å². The smallest absolute Gasteiger partial charge is 0.222 e. The Hall–Kier alpha value is -1.07. The molecule has 110 valence electrons. The van der Waals surface area contributed by atoms with Crippen LogP contribution in [-0.4, -0.2) is 26.0 Å². The van der Waals surface area contributed by atoms with Gasteiger partial charge in [0.15, 0.2) is 0 Å². The molecule has 1 aliphatic rings. The van der Waals surface area contributed by atoms with Crippen LogP contribution in [0.25, 0.3) is 0 Å². The molecule has 1 aromatic carbocycles. The van der Waals surface area contributed by atoms with E-state index < -0.39 is 0 Å².